The number of nitrogens with zero attached hydrogens (tertiary/aromatic N) is 1. The Labute approximate surface area is 99.6 Å². The topological polar surface area (TPSA) is 110 Å². The lowest BCUT2D eigenvalue weighted by atomic mass is 10.1. The third-order valence-electron chi connectivity index (χ3n) is 2.72. The van der Waals surface area contributed by atoms with E-state index in [4.69, 9.17) is 10.3 Å². The second-order valence-corrected chi connectivity index (χ2v) is 6.12. The third kappa shape index (κ3) is 2.70. The molecule has 8 heteroatoms. The van der Waals surface area contributed by atoms with E-state index in [2.05, 4.69) is 15.8 Å². The second kappa shape index (κ2) is 4.53. The lowest BCUT2D eigenvalue weighted by molar-refractivity contribution is 0.432. The van der Waals surface area contributed by atoms with Crippen molar-refractivity contribution in [2.24, 2.45) is 0 Å². The van der Waals surface area contributed by atoms with Crippen molar-refractivity contribution in [3.63, 3.8) is 0 Å². The molecule has 1 aliphatic heterocycles. The van der Waals surface area contributed by atoms with Crippen molar-refractivity contribution in [1.29, 1.82) is 0 Å². The summed E-state index contributed by atoms with van der Waals surface area (Å²) in [6.45, 7) is 1.80. The highest BCUT2D eigenvalue weighted by molar-refractivity contribution is 7.91. The van der Waals surface area contributed by atoms with Gasteiger partial charge < -0.3 is 20.9 Å². The van der Waals surface area contributed by atoms with Crippen molar-refractivity contribution in [2.75, 3.05) is 30.4 Å². The van der Waals surface area contributed by atoms with Crippen molar-refractivity contribution < 1.29 is 12.9 Å². The van der Waals surface area contributed by atoms with E-state index in [1.54, 1.807) is 0 Å². The highest BCUT2D eigenvalue weighted by Gasteiger charge is 2.25. The van der Waals surface area contributed by atoms with Crippen LogP contribution >= 0.6 is 0 Å². The molecule has 0 aromatic carbocycles. The fraction of sp³-hybridized carbons (Fsp3) is 0.667. The summed E-state index contributed by atoms with van der Waals surface area (Å²) < 4.78 is 27.8. The molecule has 7 nitrogen and oxygen atoms in total. The fourth-order valence-corrected chi connectivity index (χ4v) is 2.75. The largest absolute Gasteiger partial charge is 0.366 e. The average molecular weight is 260 g/mol. The van der Waals surface area contributed by atoms with E-state index >= 15 is 0 Å². The predicted octanol–water partition coefficient (Wildman–Crippen LogP) is -0.176. The third-order valence-corrected chi connectivity index (χ3v) is 3.86. The van der Waals surface area contributed by atoms with Crippen molar-refractivity contribution in [1.82, 2.24) is 10.5 Å². The number of sulfone groups is 1. The van der Waals surface area contributed by atoms with Gasteiger partial charge in [-0.25, -0.2) is 8.42 Å². The summed E-state index contributed by atoms with van der Waals surface area (Å²) in [6.07, 6.45) is 2.91. The molecule has 2 rings (SSSR count). The number of rotatable bonds is 3. The molecular formula is C9H16N4O3S. The number of hydrogen-bond donors (Lipinski definition) is 3. The van der Waals surface area contributed by atoms with E-state index in [1.807, 2.05) is 0 Å². The Balaban J connectivity index is 2.21. The van der Waals surface area contributed by atoms with E-state index in [-0.39, 0.29) is 22.6 Å². The van der Waals surface area contributed by atoms with Crippen molar-refractivity contribution in [3.05, 3.63) is 0 Å². The standard InChI is InChI=1S/C9H16N4O3S/c1-17(14,15)7-8(10)16-13-9(7)12-6-2-4-11-5-3-6/h6,11H,2-5,10H2,1H3,(H,12,13). The molecule has 0 bridgehead atoms. The molecule has 17 heavy (non-hydrogen) atoms. The maximum Gasteiger partial charge on any atom is 0.243 e. The Morgan fingerprint density at radius 1 is 1.47 bits per heavy atom. The van der Waals surface area contributed by atoms with Crippen LogP contribution in [-0.4, -0.2) is 39.0 Å². The van der Waals surface area contributed by atoms with Crippen molar-refractivity contribution >= 4 is 21.5 Å². The highest BCUT2D eigenvalue weighted by Crippen LogP contribution is 2.27. The van der Waals surface area contributed by atoms with E-state index in [1.165, 1.54) is 0 Å². The summed E-state index contributed by atoms with van der Waals surface area (Å²) in [5.74, 6) is 0.0563. The van der Waals surface area contributed by atoms with Gasteiger partial charge in [0.25, 0.3) is 0 Å². The molecule has 0 amide bonds. The molecule has 2 heterocycles. The van der Waals surface area contributed by atoms with Crippen LogP contribution < -0.4 is 16.4 Å². The van der Waals surface area contributed by atoms with Crippen LogP contribution in [0.3, 0.4) is 0 Å². The Morgan fingerprint density at radius 3 is 2.71 bits per heavy atom. The van der Waals surface area contributed by atoms with Crippen LogP contribution in [0.2, 0.25) is 0 Å². The Kier molecular flexibility index (Phi) is 3.25. The molecule has 0 unspecified atom stereocenters. The van der Waals surface area contributed by atoms with E-state index < -0.39 is 9.84 Å². The summed E-state index contributed by atoms with van der Waals surface area (Å²) in [5.41, 5.74) is 5.47. The van der Waals surface area contributed by atoms with Gasteiger partial charge in [-0.15, -0.1) is 0 Å². The molecule has 96 valence electrons. The smallest absolute Gasteiger partial charge is 0.243 e. The maximum atomic E-state index is 11.5. The first kappa shape index (κ1) is 12.2. The summed E-state index contributed by atoms with van der Waals surface area (Å²) >= 11 is 0. The van der Waals surface area contributed by atoms with Crippen LogP contribution in [0.5, 0.6) is 0 Å². The van der Waals surface area contributed by atoms with Gasteiger partial charge in [0.1, 0.15) is 0 Å². The van der Waals surface area contributed by atoms with E-state index in [0.29, 0.717) is 0 Å². The summed E-state index contributed by atoms with van der Waals surface area (Å²) in [7, 11) is -3.43. The molecule has 1 fully saturated rings. The second-order valence-electron chi connectivity index (χ2n) is 4.17. The number of aromatic nitrogens is 1. The van der Waals surface area contributed by atoms with Gasteiger partial charge in [-0.3, -0.25) is 0 Å². The van der Waals surface area contributed by atoms with Gasteiger partial charge in [-0.05, 0) is 25.9 Å². The fourth-order valence-electron chi connectivity index (χ4n) is 1.90. The lowest BCUT2D eigenvalue weighted by Gasteiger charge is -2.23. The molecular weight excluding hydrogens is 244 g/mol. The summed E-state index contributed by atoms with van der Waals surface area (Å²) in [5, 5.41) is 9.96. The first-order valence-corrected chi connectivity index (χ1v) is 7.30. The van der Waals surface area contributed by atoms with Crippen LogP contribution in [0.15, 0.2) is 9.42 Å². The zero-order chi connectivity index (χ0) is 12.5. The summed E-state index contributed by atoms with van der Waals surface area (Å²) in [4.78, 5) is -0.0453. The SMILES string of the molecule is CS(=O)(=O)c1c(NC2CCNCC2)noc1N. The number of piperidine rings is 1. The Hall–Kier alpha value is -1.28. The quantitative estimate of drug-likeness (QED) is 0.691. The minimum Gasteiger partial charge on any atom is -0.366 e. The molecule has 0 atom stereocenters. The molecule has 1 aliphatic rings. The van der Waals surface area contributed by atoms with Crippen LogP contribution in [-0.2, 0) is 9.84 Å². The van der Waals surface area contributed by atoms with Gasteiger partial charge in [-0.2, -0.15) is 0 Å². The van der Waals surface area contributed by atoms with Crippen molar-refractivity contribution in [2.45, 2.75) is 23.8 Å². The summed E-state index contributed by atoms with van der Waals surface area (Å²) in [6, 6.07) is 0.196. The lowest BCUT2D eigenvalue weighted by Crippen LogP contribution is -2.35. The average Bonchev–Trinajstić information content (AvgIpc) is 2.60. The number of anilines is 2. The Morgan fingerprint density at radius 2 is 2.12 bits per heavy atom. The van der Waals surface area contributed by atoms with Gasteiger partial charge in [-0.1, -0.05) is 5.16 Å². The number of nitrogens with one attached hydrogen (secondary N) is 2. The van der Waals surface area contributed by atoms with Crippen LogP contribution in [0.1, 0.15) is 12.8 Å². The molecule has 0 radical (unpaired) electrons. The first-order valence-electron chi connectivity index (χ1n) is 5.41. The van der Waals surface area contributed by atoms with Crippen LogP contribution in [0, 0.1) is 0 Å². The molecule has 1 aromatic rings. The van der Waals surface area contributed by atoms with Crippen LogP contribution in [0.25, 0.3) is 0 Å². The predicted molar refractivity (Wildman–Crippen MR) is 63.5 cm³/mol. The number of hydrogen-bond acceptors (Lipinski definition) is 7. The number of nitrogens with two attached hydrogens (primary N) is 1. The monoisotopic (exact) mass is 260 g/mol. The zero-order valence-electron chi connectivity index (χ0n) is 9.56. The molecule has 0 aliphatic carbocycles. The van der Waals surface area contributed by atoms with Gasteiger partial charge >= 0.3 is 0 Å². The molecule has 0 spiro atoms. The van der Waals surface area contributed by atoms with Crippen molar-refractivity contribution in [3.8, 4) is 0 Å². The molecule has 1 aromatic heterocycles. The van der Waals surface area contributed by atoms with Gasteiger partial charge in [0.15, 0.2) is 20.6 Å². The molecule has 0 saturated carbocycles. The molecule has 1 saturated heterocycles. The minimum atomic E-state index is -3.43. The van der Waals surface area contributed by atoms with Gasteiger partial charge in [0.2, 0.25) is 5.88 Å². The molecule has 4 N–H and O–H groups in total. The maximum absolute atomic E-state index is 11.5. The zero-order valence-corrected chi connectivity index (χ0v) is 10.4. The van der Waals surface area contributed by atoms with Crippen LogP contribution in [0.4, 0.5) is 11.7 Å². The Bertz CT molecular complexity index is 490. The first-order chi connectivity index (χ1) is 7.98. The van der Waals surface area contributed by atoms with Gasteiger partial charge in [0.05, 0.1) is 0 Å². The van der Waals surface area contributed by atoms with E-state index in [9.17, 15) is 8.42 Å². The minimum absolute atomic E-state index is 0.0453. The normalized spacial score (nSPS) is 18.2. The number of nitrogen functional groups attached to an aromatic ring is 1. The highest BCUT2D eigenvalue weighted by atomic mass is 32.2. The van der Waals surface area contributed by atoms with E-state index in [0.717, 1.165) is 32.2 Å². The van der Waals surface area contributed by atoms with Gasteiger partial charge in [0, 0.05) is 12.3 Å².